The summed E-state index contributed by atoms with van der Waals surface area (Å²) in [5.41, 5.74) is 0.956. The molecular formula is C20H18F3NO2. The third kappa shape index (κ3) is 3.70. The Bertz CT molecular complexity index is 815. The number of ether oxygens (including phenoxy) is 1. The quantitative estimate of drug-likeness (QED) is 0.799. The molecule has 2 unspecified atom stereocenters. The Kier molecular flexibility index (Phi) is 5.23. The number of benzene rings is 2. The van der Waals surface area contributed by atoms with E-state index in [9.17, 15) is 18.0 Å². The maximum absolute atomic E-state index is 13.1. The molecule has 1 aliphatic rings. The van der Waals surface area contributed by atoms with Gasteiger partial charge in [0.15, 0.2) is 5.78 Å². The summed E-state index contributed by atoms with van der Waals surface area (Å²) < 4.78 is 44.1. The van der Waals surface area contributed by atoms with Gasteiger partial charge in [-0.2, -0.15) is 13.2 Å². The second-order valence-corrected chi connectivity index (χ2v) is 6.19. The SMILES string of the molecule is COCN=C1CC(c2ccccc2)C(=O)C1c1cccc(C(F)(F)F)c1. The first-order chi connectivity index (χ1) is 12.4. The Balaban J connectivity index is 2.01. The number of carbonyl (C=O) groups excluding carboxylic acids is 1. The number of hydrogen-bond donors (Lipinski definition) is 0. The molecule has 0 N–H and O–H groups in total. The maximum atomic E-state index is 13.1. The van der Waals surface area contributed by atoms with Crippen LogP contribution in [0.25, 0.3) is 0 Å². The normalized spacial score (nSPS) is 22.2. The predicted molar refractivity (Wildman–Crippen MR) is 92.3 cm³/mol. The number of hydrogen-bond acceptors (Lipinski definition) is 3. The predicted octanol–water partition coefficient (Wildman–Crippen LogP) is 4.59. The first-order valence-electron chi connectivity index (χ1n) is 8.20. The summed E-state index contributed by atoms with van der Waals surface area (Å²) in [6, 6.07) is 14.2. The molecule has 1 saturated carbocycles. The highest BCUT2D eigenvalue weighted by Gasteiger charge is 2.41. The van der Waals surface area contributed by atoms with Gasteiger partial charge in [-0.25, -0.2) is 0 Å². The van der Waals surface area contributed by atoms with Crippen molar-refractivity contribution in [3.8, 4) is 0 Å². The van der Waals surface area contributed by atoms with Crippen molar-refractivity contribution in [2.75, 3.05) is 13.8 Å². The van der Waals surface area contributed by atoms with Crippen molar-refractivity contribution in [2.24, 2.45) is 4.99 Å². The molecule has 0 bridgehead atoms. The van der Waals surface area contributed by atoms with E-state index in [1.807, 2.05) is 30.3 Å². The molecule has 0 amide bonds. The number of ketones is 1. The van der Waals surface area contributed by atoms with E-state index in [0.717, 1.165) is 17.7 Å². The van der Waals surface area contributed by atoms with Crippen molar-refractivity contribution >= 4 is 11.5 Å². The van der Waals surface area contributed by atoms with Gasteiger partial charge in [0, 0.05) is 25.2 Å². The van der Waals surface area contributed by atoms with Gasteiger partial charge in [-0.05, 0) is 17.2 Å². The number of aliphatic imine (C=N–C) groups is 1. The van der Waals surface area contributed by atoms with Gasteiger partial charge in [-0.1, -0.05) is 48.5 Å². The number of rotatable bonds is 4. The monoisotopic (exact) mass is 361 g/mol. The lowest BCUT2D eigenvalue weighted by molar-refractivity contribution is -0.137. The van der Waals surface area contributed by atoms with Crippen LogP contribution in [0.3, 0.4) is 0 Å². The number of alkyl halides is 3. The summed E-state index contributed by atoms with van der Waals surface area (Å²) in [5, 5.41) is 0. The molecule has 0 aromatic heterocycles. The van der Waals surface area contributed by atoms with Gasteiger partial charge in [-0.15, -0.1) is 0 Å². The minimum atomic E-state index is -4.46. The lowest BCUT2D eigenvalue weighted by Gasteiger charge is -2.14. The highest BCUT2D eigenvalue weighted by molar-refractivity contribution is 6.18. The Morgan fingerprint density at radius 1 is 1.08 bits per heavy atom. The molecule has 0 saturated heterocycles. The highest BCUT2D eigenvalue weighted by atomic mass is 19.4. The van der Waals surface area contributed by atoms with Gasteiger partial charge in [0.2, 0.25) is 0 Å². The van der Waals surface area contributed by atoms with Crippen LogP contribution in [0.15, 0.2) is 59.6 Å². The van der Waals surface area contributed by atoms with Crippen molar-refractivity contribution in [3.63, 3.8) is 0 Å². The molecule has 1 aliphatic carbocycles. The van der Waals surface area contributed by atoms with Crippen LogP contribution in [-0.4, -0.2) is 25.3 Å². The summed E-state index contributed by atoms with van der Waals surface area (Å²) in [7, 11) is 1.48. The molecule has 6 heteroatoms. The number of nitrogens with zero attached hydrogens (tertiary/aromatic N) is 1. The van der Waals surface area contributed by atoms with Gasteiger partial charge in [-0.3, -0.25) is 9.79 Å². The van der Waals surface area contributed by atoms with Crippen LogP contribution in [0.1, 0.15) is 34.9 Å². The minimum Gasteiger partial charge on any atom is -0.363 e. The van der Waals surface area contributed by atoms with Gasteiger partial charge in [0.05, 0.1) is 11.5 Å². The average molecular weight is 361 g/mol. The lowest BCUT2D eigenvalue weighted by atomic mass is 9.90. The first kappa shape index (κ1) is 18.3. The van der Waals surface area contributed by atoms with Gasteiger partial charge in [0.1, 0.15) is 6.73 Å². The molecule has 3 rings (SSSR count). The van der Waals surface area contributed by atoms with Crippen LogP contribution < -0.4 is 0 Å². The van der Waals surface area contributed by atoms with E-state index in [2.05, 4.69) is 4.99 Å². The van der Waals surface area contributed by atoms with Crippen LogP contribution >= 0.6 is 0 Å². The molecule has 2 atom stereocenters. The van der Waals surface area contributed by atoms with Crippen molar-refractivity contribution in [2.45, 2.75) is 24.4 Å². The lowest BCUT2D eigenvalue weighted by Crippen LogP contribution is -2.16. The number of methoxy groups -OCH3 is 1. The summed E-state index contributed by atoms with van der Waals surface area (Å²) in [6.07, 6.45) is -4.08. The largest absolute Gasteiger partial charge is 0.416 e. The van der Waals surface area contributed by atoms with E-state index >= 15 is 0 Å². The average Bonchev–Trinajstić information content (AvgIpc) is 2.96. The van der Waals surface area contributed by atoms with Gasteiger partial charge in [0.25, 0.3) is 0 Å². The zero-order valence-electron chi connectivity index (χ0n) is 14.2. The first-order valence-corrected chi connectivity index (χ1v) is 8.20. The van der Waals surface area contributed by atoms with Crippen LogP contribution in [0, 0.1) is 0 Å². The highest BCUT2D eigenvalue weighted by Crippen LogP contribution is 2.40. The molecule has 0 radical (unpaired) electrons. The van der Waals surface area contributed by atoms with E-state index in [1.165, 1.54) is 13.2 Å². The van der Waals surface area contributed by atoms with E-state index in [-0.39, 0.29) is 12.5 Å². The van der Waals surface area contributed by atoms with Crippen LogP contribution in [0.2, 0.25) is 0 Å². The smallest absolute Gasteiger partial charge is 0.363 e. The number of halogens is 3. The number of Topliss-reactive ketones (excluding diaryl/α,β-unsaturated/α-hetero) is 1. The molecule has 0 spiro atoms. The summed E-state index contributed by atoms with van der Waals surface area (Å²) in [6.45, 7) is 0.0690. The fraction of sp³-hybridized carbons (Fsp3) is 0.300. The van der Waals surface area contributed by atoms with Gasteiger partial charge >= 0.3 is 6.18 Å². The number of carbonyl (C=O) groups is 1. The third-order valence-corrected chi connectivity index (χ3v) is 4.52. The molecule has 26 heavy (non-hydrogen) atoms. The minimum absolute atomic E-state index is 0.0690. The summed E-state index contributed by atoms with van der Waals surface area (Å²) in [4.78, 5) is 17.3. The van der Waals surface area contributed by atoms with Crippen LogP contribution in [-0.2, 0) is 15.7 Å². The molecule has 3 nitrogen and oxygen atoms in total. The topological polar surface area (TPSA) is 38.7 Å². The third-order valence-electron chi connectivity index (χ3n) is 4.52. The Hall–Kier alpha value is -2.47. The van der Waals surface area contributed by atoms with E-state index < -0.39 is 23.6 Å². The van der Waals surface area contributed by atoms with E-state index in [1.54, 1.807) is 6.07 Å². The zero-order valence-corrected chi connectivity index (χ0v) is 14.2. The standard InChI is InChI=1S/C20H18F3NO2/c1-26-12-24-17-11-16(13-6-3-2-4-7-13)19(25)18(17)14-8-5-9-15(10-14)20(21,22)23/h2-10,16,18H,11-12H2,1H3. The molecule has 1 fully saturated rings. The van der Waals surface area contributed by atoms with Crippen molar-refractivity contribution < 1.29 is 22.7 Å². The fourth-order valence-corrected chi connectivity index (χ4v) is 3.31. The van der Waals surface area contributed by atoms with Crippen LogP contribution in [0.4, 0.5) is 13.2 Å². The summed E-state index contributed by atoms with van der Waals surface area (Å²) in [5.74, 6) is -1.32. The molecule has 136 valence electrons. The van der Waals surface area contributed by atoms with Crippen molar-refractivity contribution in [1.82, 2.24) is 0 Å². The Morgan fingerprint density at radius 2 is 1.77 bits per heavy atom. The Morgan fingerprint density at radius 3 is 2.42 bits per heavy atom. The second-order valence-electron chi connectivity index (χ2n) is 6.19. The molecule has 0 aliphatic heterocycles. The fourth-order valence-electron chi connectivity index (χ4n) is 3.31. The van der Waals surface area contributed by atoms with Crippen molar-refractivity contribution in [3.05, 3.63) is 71.3 Å². The van der Waals surface area contributed by atoms with E-state index in [0.29, 0.717) is 17.7 Å². The summed E-state index contributed by atoms with van der Waals surface area (Å²) >= 11 is 0. The molecule has 0 heterocycles. The molecule has 2 aromatic carbocycles. The van der Waals surface area contributed by atoms with Crippen molar-refractivity contribution in [1.29, 1.82) is 0 Å². The second kappa shape index (κ2) is 7.41. The Labute approximate surface area is 149 Å². The van der Waals surface area contributed by atoms with E-state index in [4.69, 9.17) is 4.74 Å². The maximum Gasteiger partial charge on any atom is 0.416 e. The van der Waals surface area contributed by atoms with Gasteiger partial charge < -0.3 is 4.74 Å². The molecular weight excluding hydrogens is 343 g/mol. The molecule has 2 aromatic rings. The van der Waals surface area contributed by atoms with Crippen LogP contribution in [0.5, 0.6) is 0 Å². The zero-order chi connectivity index (χ0) is 18.7.